The molecule has 0 fully saturated rings. The lowest BCUT2D eigenvalue weighted by Gasteiger charge is -2.15. The number of tetrazole rings is 1. The average molecular weight is 314 g/mol. The standard InChI is InChI=1S/C15H18N6O2/c1-15(2,3)21-17-12(16-19-21)9-10-20-13(18-23-14(20)22)11-7-5-4-6-8-11/h4-8H,9-10H2,1-3H3. The minimum atomic E-state index is -0.493. The zero-order valence-electron chi connectivity index (χ0n) is 13.3. The topological polar surface area (TPSA) is 91.6 Å². The van der Waals surface area contributed by atoms with Crippen LogP contribution in [-0.2, 0) is 18.5 Å². The molecule has 8 heteroatoms. The van der Waals surface area contributed by atoms with Crippen LogP contribution in [0.4, 0.5) is 0 Å². The lowest BCUT2D eigenvalue weighted by atomic mass is 10.1. The average Bonchev–Trinajstić information content (AvgIpc) is 3.12. The van der Waals surface area contributed by atoms with Gasteiger partial charge in [-0.3, -0.25) is 9.09 Å². The summed E-state index contributed by atoms with van der Waals surface area (Å²) in [4.78, 5) is 13.4. The molecule has 0 aliphatic rings. The van der Waals surface area contributed by atoms with Gasteiger partial charge in [0.15, 0.2) is 11.6 Å². The molecule has 0 N–H and O–H groups in total. The van der Waals surface area contributed by atoms with E-state index >= 15 is 0 Å². The van der Waals surface area contributed by atoms with Crippen molar-refractivity contribution in [2.75, 3.05) is 0 Å². The quantitative estimate of drug-likeness (QED) is 0.724. The van der Waals surface area contributed by atoms with Crippen LogP contribution in [0.2, 0.25) is 0 Å². The molecule has 3 aromatic rings. The molecule has 1 aromatic carbocycles. The van der Waals surface area contributed by atoms with Crippen LogP contribution in [0.5, 0.6) is 0 Å². The van der Waals surface area contributed by atoms with E-state index in [4.69, 9.17) is 4.52 Å². The Morgan fingerprint density at radius 3 is 2.57 bits per heavy atom. The molecule has 0 aliphatic heterocycles. The number of nitrogens with zero attached hydrogens (tertiary/aromatic N) is 6. The molecule has 120 valence electrons. The van der Waals surface area contributed by atoms with E-state index in [1.165, 1.54) is 4.57 Å². The van der Waals surface area contributed by atoms with E-state index in [1.807, 2.05) is 51.1 Å². The van der Waals surface area contributed by atoms with Crippen molar-refractivity contribution in [3.8, 4) is 11.4 Å². The predicted molar refractivity (Wildman–Crippen MR) is 82.7 cm³/mol. The third kappa shape index (κ3) is 3.20. The van der Waals surface area contributed by atoms with Crippen molar-refractivity contribution in [1.82, 2.24) is 29.9 Å². The highest BCUT2D eigenvalue weighted by molar-refractivity contribution is 5.54. The molecule has 0 bridgehead atoms. The summed E-state index contributed by atoms with van der Waals surface area (Å²) in [5, 5.41) is 16.3. The summed E-state index contributed by atoms with van der Waals surface area (Å²) < 4.78 is 6.27. The van der Waals surface area contributed by atoms with Crippen LogP contribution in [0.15, 0.2) is 39.6 Å². The molecule has 0 amide bonds. The molecule has 2 heterocycles. The molecule has 0 unspecified atom stereocenters. The van der Waals surface area contributed by atoms with Crippen molar-refractivity contribution in [1.29, 1.82) is 0 Å². The highest BCUT2D eigenvalue weighted by Gasteiger charge is 2.18. The summed E-state index contributed by atoms with van der Waals surface area (Å²) in [5.74, 6) is 0.581. The van der Waals surface area contributed by atoms with Gasteiger partial charge in [0.1, 0.15) is 0 Å². The molecular weight excluding hydrogens is 296 g/mol. The van der Waals surface area contributed by atoms with E-state index in [1.54, 1.807) is 4.80 Å². The Kier molecular flexibility index (Phi) is 3.81. The van der Waals surface area contributed by atoms with Gasteiger partial charge < -0.3 is 0 Å². The molecule has 2 aromatic heterocycles. The van der Waals surface area contributed by atoms with Gasteiger partial charge in [0.05, 0.1) is 5.54 Å². The highest BCUT2D eigenvalue weighted by atomic mass is 16.5. The normalized spacial score (nSPS) is 11.8. The van der Waals surface area contributed by atoms with Gasteiger partial charge in [-0.2, -0.15) is 4.80 Å². The van der Waals surface area contributed by atoms with Crippen molar-refractivity contribution in [3.63, 3.8) is 0 Å². The Bertz CT molecular complexity index is 841. The maximum absolute atomic E-state index is 11.9. The molecule has 0 saturated heterocycles. The molecule has 0 atom stereocenters. The Morgan fingerprint density at radius 1 is 1.17 bits per heavy atom. The van der Waals surface area contributed by atoms with Gasteiger partial charge in [0.25, 0.3) is 0 Å². The van der Waals surface area contributed by atoms with E-state index < -0.39 is 5.76 Å². The van der Waals surface area contributed by atoms with Crippen LogP contribution in [0, 0.1) is 0 Å². The van der Waals surface area contributed by atoms with Crippen molar-refractivity contribution in [3.05, 3.63) is 46.7 Å². The maximum atomic E-state index is 11.9. The van der Waals surface area contributed by atoms with E-state index in [-0.39, 0.29) is 5.54 Å². The molecule has 23 heavy (non-hydrogen) atoms. The number of rotatable bonds is 4. The molecular formula is C15H18N6O2. The summed E-state index contributed by atoms with van der Waals surface area (Å²) >= 11 is 0. The lowest BCUT2D eigenvalue weighted by Crippen LogP contribution is -2.24. The number of hydrogen-bond donors (Lipinski definition) is 0. The van der Waals surface area contributed by atoms with Gasteiger partial charge in [-0.1, -0.05) is 35.5 Å². The van der Waals surface area contributed by atoms with Crippen LogP contribution in [-0.4, -0.2) is 29.9 Å². The maximum Gasteiger partial charge on any atom is 0.441 e. The van der Waals surface area contributed by atoms with Gasteiger partial charge in [-0.05, 0) is 26.0 Å². The van der Waals surface area contributed by atoms with Gasteiger partial charge in [-0.25, -0.2) is 4.79 Å². The second-order valence-electron chi connectivity index (χ2n) is 6.21. The molecule has 3 rings (SSSR count). The van der Waals surface area contributed by atoms with Gasteiger partial charge in [-0.15, -0.1) is 10.2 Å². The van der Waals surface area contributed by atoms with Crippen LogP contribution in [0.25, 0.3) is 11.4 Å². The first-order chi connectivity index (χ1) is 10.9. The van der Waals surface area contributed by atoms with Crippen molar-refractivity contribution in [2.45, 2.75) is 39.3 Å². The third-order valence-corrected chi connectivity index (χ3v) is 3.33. The predicted octanol–water partition coefficient (Wildman–Crippen LogP) is 1.49. The first-order valence-electron chi connectivity index (χ1n) is 7.36. The van der Waals surface area contributed by atoms with Crippen LogP contribution >= 0.6 is 0 Å². The molecule has 0 aliphatic carbocycles. The Morgan fingerprint density at radius 2 is 1.91 bits per heavy atom. The minimum absolute atomic E-state index is 0.228. The smallest absolute Gasteiger partial charge is 0.295 e. The van der Waals surface area contributed by atoms with E-state index in [0.717, 1.165) is 5.56 Å². The zero-order chi connectivity index (χ0) is 16.4. The molecule has 0 radical (unpaired) electrons. The fourth-order valence-corrected chi connectivity index (χ4v) is 2.10. The van der Waals surface area contributed by atoms with Crippen LogP contribution in [0.1, 0.15) is 26.6 Å². The van der Waals surface area contributed by atoms with Crippen molar-refractivity contribution < 1.29 is 4.52 Å². The van der Waals surface area contributed by atoms with E-state index in [9.17, 15) is 4.79 Å². The minimum Gasteiger partial charge on any atom is -0.295 e. The summed E-state index contributed by atoms with van der Waals surface area (Å²) in [6, 6.07) is 9.43. The number of aryl methyl sites for hydroxylation is 1. The van der Waals surface area contributed by atoms with Crippen molar-refractivity contribution in [2.24, 2.45) is 0 Å². The summed E-state index contributed by atoms with van der Waals surface area (Å²) in [6.07, 6.45) is 0.469. The second kappa shape index (κ2) is 5.79. The van der Waals surface area contributed by atoms with Crippen molar-refractivity contribution >= 4 is 0 Å². The SMILES string of the molecule is CC(C)(C)n1nnc(CCn2c(-c3ccccc3)noc2=O)n1. The second-order valence-corrected chi connectivity index (χ2v) is 6.21. The van der Waals surface area contributed by atoms with Gasteiger partial charge >= 0.3 is 5.76 Å². The number of aromatic nitrogens is 6. The van der Waals surface area contributed by atoms with Gasteiger partial charge in [0.2, 0.25) is 0 Å². The first-order valence-corrected chi connectivity index (χ1v) is 7.36. The highest BCUT2D eigenvalue weighted by Crippen LogP contribution is 2.15. The summed E-state index contributed by atoms with van der Waals surface area (Å²) in [7, 11) is 0. The van der Waals surface area contributed by atoms with Gasteiger partial charge in [0, 0.05) is 18.5 Å². The van der Waals surface area contributed by atoms with E-state index in [0.29, 0.717) is 24.6 Å². The Balaban J connectivity index is 1.80. The number of benzene rings is 1. The fourth-order valence-electron chi connectivity index (χ4n) is 2.10. The molecule has 0 spiro atoms. The summed E-state index contributed by atoms with van der Waals surface area (Å²) in [5.41, 5.74) is 0.596. The Hall–Kier alpha value is -2.77. The monoisotopic (exact) mass is 314 g/mol. The zero-order valence-corrected chi connectivity index (χ0v) is 13.3. The molecule has 0 saturated carbocycles. The lowest BCUT2D eigenvalue weighted by molar-refractivity contribution is 0.305. The summed E-state index contributed by atoms with van der Waals surface area (Å²) in [6.45, 7) is 6.37. The third-order valence-electron chi connectivity index (χ3n) is 3.33. The largest absolute Gasteiger partial charge is 0.441 e. The van der Waals surface area contributed by atoms with Crippen LogP contribution < -0.4 is 5.76 Å². The fraction of sp³-hybridized carbons (Fsp3) is 0.400. The number of hydrogen-bond acceptors (Lipinski definition) is 6. The first kappa shape index (κ1) is 15.1. The molecule has 8 nitrogen and oxygen atoms in total. The Labute approximate surface area is 132 Å². The van der Waals surface area contributed by atoms with Crippen LogP contribution in [0.3, 0.4) is 0 Å². The van der Waals surface area contributed by atoms with E-state index in [2.05, 4.69) is 20.6 Å².